The van der Waals surface area contributed by atoms with E-state index < -0.39 is 10.2 Å². The highest BCUT2D eigenvalue weighted by atomic mass is 35.5. The van der Waals surface area contributed by atoms with E-state index >= 15 is 0 Å². The molecule has 0 saturated carbocycles. The average Bonchev–Trinajstić information content (AvgIpc) is 3.50. The third-order valence-corrected chi connectivity index (χ3v) is 9.55. The van der Waals surface area contributed by atoms with Crippen molar-refractivity contribution in [1.82, 2.24) is 28.4 Å². The fourth-order valence-corrected chi connectivity index (χ4v) is 7.09. The summed E-state index contributed by atoms with van der Waals surface area (Å²) in [7, 11) is -3.43. The summed E-state index contributed by atoms with van der Waals surface area (Å²) >= 11 is 6.27. The standard InChI is InChI=1S/C21H25ClN6O3S/c22-17-14-24-20-16(17)11-15(13-23-20)18-12-19-21(3-6-28(19)25-18)1-4-26(5-2-21)32(29,30)27-7-9-31-10-8-27/h11-14H,1-10H2,(H,23,24). The molecule has 2 fully saturated rings. The zero-order valence-electron chi connectivity index (χ0n) is 17.6. The van der Waals surface area contributed by atoms with Gasteiger partial charge in [-0.3, -0.25) is 4.68 Å². The fraction of sp³-hybridized carbons (Fsp3) is 0.524. The Balaban J connectivity index is 1.24. The molecule has 0 atom stereocenters. The Kier molecular flexibility index (Phi) is 4.85. The summed E-state index contributed by atoms with van der Waals surface area (Å²) in [5.41, 5.74) is 3.76. The molecular formula is C21H25ClN6O3S. The van der Waals surface area contributed by atoms with Crippen LogP contribution in [0, 0.1) is 0 Å². The van der Waals surface area contributed by atoms with Crippen LogP contribution in [0.4, 0.5) is 0 Å². The van der Waals surface area contributed by atoms with Crippen molar-refractivity contribution in [1.29, 1.82) is 0 Å². The number of halogens is 1. The first kappa shape index (κ1) is 20.6. The minimum Gasteiger partial charge on any atom is -0.379 e. The molecule has 0 radical (unpaired) electrons. The van der Waals surface area contributed by atoms with E-state index in [-0.39, 0.29) is 5.41 Å². The maximum atomic E-state index is 13.0. The topological polar surface area (TPSA) is 96.3 Å². The summed E-state index contributed by atoms with van der Waals surface area (Å²) in [6, 6.07) is 4.17. The van der Waals surface area contributed by atoms with Crippen LogP contribution in [0.2, 0.25) is 5.02 Å². The van der Waals surface area contributed by atoms with Gasteiger partial charge in [0, 0.05) is 67.2 Å². The Hall–Kier alpha value is -1.98. The largest absolute Gasteiger partial charge is 0.379 e. The molecule has 0 aromatic carbocycles. The lowest BCUT2D eigenvalue weighted by Crippen LogP contribution is -2.52. The quantitative estimate of drug-likeness (QED) is 0.626. The Labute approximate surface area is 191 Å². The molecular weight excluding hydrogens is 452 g/mol. The second kappa shape index (κ2) is 7.53. The van der Waals surface area contributed by atoms with E-state index in [1.54, 1.807) is 14.8 Å². The number of aromatic nitrogens is 4. The summed E-state index contributed by atoms with van der Waals surface area (Å²) in [4.78, 5) is 7.53. The SMILES string of the molecule is O=S(=O)(N1CCOCC1)N1CCC2(CC1)CCn1nc(-c3cnc4[nH]cc(Cl)c4c3)cc12. The second-order valence-electron chi connectivity index (χ2n) is 8.84. The Morgan fingerprint density at radius 2 is 1.75 bits per heavy atom. The number of fused-ring (bicyclic) bond motifs is 3. The van der Waals surface area contributed by atoms with Crippen LogP contribution in [0.15, 0.2) is 24.5 Å². The molecule has 3 aromatic heterocycles. The Bertz CT molecular complexity index is 1270. The molecule has 3 aromatic rings. The lowest BCUT2D eigenvalue weighted by atomic mass is 9.75. The number of H-pyrrole nitrogens is 1. The van der Waals surface area contributed by atoms with Crippen molar-refractivity contribution in [3.05, 3.63) is 35.2 Å². The van der Waals surface area contributed by atoms with Gasteiger partial charge in [-0.1, -0.05) is 11.6 Å². The molecule has 0 bridgehead atoms. The zero-order chi connectivity index (χ0) is 21.9. The first-order valence-electron chi connectivity index (χ1n) is 11.0. The zero-order valence-corrected chi connectivity index (χ0v) is 19.2. The number of piperidine rings is 1. The predicted octanol–water partition coefficient (Wildman–Crippen LogP) is 2.39. The van der Waals surface area contributed by atoms with Gasteiger partial charge in [0.25, 0.3) is 10.2 Å². The number of ether oxygens (including phenoxy) is 1. The van der Waals surface area contributed by atoms with Crippen molar-refractivity contribution in [2.75, 3.05) is 39.4 Å². The number of aromatic amines is 1. The lowest BCUT2D eigenvalue weighted by molar-refractivity contribution is 0.0689. The summed E-state index contributed by atoms with van der Waals surface area (Å²) in [6.07, 6.45) is 6.18. The number of nitrogens with one attached hydrogen (secondary N) is 1. The smallest absolute Gasteiger partial charge is 0.282 e. The highest BCUT2D eigenvalue weighted by Crippen LogP contribution is 2.45. The van der Waals surface area contributed by atoms with E-state index in [0.717, 1.165) is 48.1 Å². The first-order chi connectivity index (χ1) is 15.5. The highest BCUT2D eigenvalue weighted by Gasteiger charge is 2.45. The molecule has 0 aliphatic carbocycles. The fourth-order valence-electron chi connectivity index (χ4n) is 5.31. The van der Waals surface area contributed by atoms with Gasteiger partial charge in [-0.15, -0.1) is 0 Å². The van der Waals surface area contributed by atoms with Crippen LogP contribution in [0.5, 0.6) is 0 Å². The van der Waals surface area contributed by atoms with Gasteiger partial charge in [-0.05, 0) is 31.4 Å². The van der Waals surface area contributed by atoms with E-state index in [1.165, 1.54) is 5.69 Å². The normalized spacial score (nSPS) is 22.0. The molecule has 1 spiro atoms. The number of hydrogen-bond acceptors (Lipinski definition) is 5. The number of hydrogen-bond donors (Lipinski definition) is 1. The molecule has 11 heteroatoms. The van der Waals surface area contributed by atoms with Gasteiger partial charge in [0.15, 0.2) is 0 Å². The molecule has 3 aliphatic rings. The van der Waals surface area contributed by atoms with Gasteiger partial charge in [0.05, 0.1) is 23.9 Å². The number of aryl methyl sites for hydroxylation is 1. The monoisotopic (exact) mass is 476 g/mol. The van der Waals surface area contributed by atoms with Gasteiger partial charge in [-0.2, -0.15) is 22.1 Å². The number of nitrogens with zero attached hydrogens (tertiary/aromatic N) is 5. The molecule has 9 nitrogen and oxygen atoms in total. The third kappa shape index (κ3) is 3.19. The molecule has 0 amide bonds. The predicted molar refractivity (Wildman–Crippen MR) is 121 cm³/mol. The van der Waals surface area contributed by atoms with Crippen LogP contribution >= 0.6 is 11.6 Å². The number of morpholine rings is 1. The van der Waals surface area contributed by atoms with E-state index in [9.17, 15) is 8.42 Å². The summed E-state index contributed by atoms with van der Waals surface area (Å²) in [6.45, 7) is 3.72. The van der Waals surface area contributed by atoms with E-state index in [2.05, 4.69) is 20.7 Å². The van der Waals surface area contributed by atoms with Gasteiger partial charge in [0.2, 0.25) is 0 Å². The summed E-state index contributed by atoms with van der Waals surface area (Å²) in [5, 5.41) is 6.37. The highest BCUT2D eigenvalue weighted by molar-refractivity contribution is 7.86. The van der Waals surface area contributed by atoms with Crippen LogP contribution in [-0.4, -0.2) is 76.2 Å². The maximum Gasteiger partial charge on any atom is 0.282 e. The van der Waals surface area contributed by atoms with Crippen molar-refractivity contribution in [3.63, 3.8) is 0 Å². The maximum absolute atomic E-state index is 13.0. The van der Waals surface area contributed by atoms with Gasteiger partial charge < -0.3 is 9.72 Å². The van der Waals surface area contributed by atoms with Gasteiger partial charge >= 0.3 is 0 Å². The Morgan fingerprint density at radius 3 is 2.53 bits per heavy atom. The van der Waals surface area contributed by atoms with E-state index in [0.29, 0.717) is 44.4 Å². The van der Waals surface area contributed by atoms with E-state index in [1.807, 2.05) is 12.3 Å². The minimum absolute atomic E-state index is 0.0223. The average molecular weight is 477 g/mol. The minimum atomic E-state index is -3.43. The molecule has 2 saturated heterocycles. The first-order valence-corrected chi connectivity index (χ1v) is 12.8. The molecule has 1 N–H and O–H groups in total. The number of rotatable bonds is 3. The Morgan fingerprint density at radius 1 is 1.03 bits per heavy atom. The summed E-state index contributed by atoms with van der Waals surface area (Å²) < 4.78 is 36.7. The van der Waals surface area contributed by atoms with Crippen molar-refractivity contribution >= 4 is 32.8 Å². The van der Waals surface area contributed by atoms with Crippen LogP contribution < -0.4 is 0 Å². The third-order valence-electron chi connectivity index (χ3n) is 7.20. The molecule has 6 heterocycles. The van der Waals surface area contributed by atoms with Crippen LogP contribution in [0.3, 0.4) is 0 Å². The van der Waals surface area contributed by atoms with Crippen molar-refractivity contribution in [3.8, 4) is 11.3 Å². The van der Waals surface area contributed by atoms with Crippen LogP contribution in [0.1, 0.15) is 25.0 Å². The van der Waals surface area contributed by atoms with Gasteiger partial charge in [0.1, 0.15) is 5.65 Å². The van der Waals surface area contributed by atoms with Crippen molar-refractivity contribution in [2.24, 2.45) is 0 Å². The van der Waals surface area contributed by atoms with Crippen LogP contribution in [0.25, 0.3) is 22.3 Å². The van der Waals surface area contributed by atoms with Gasteiger partial charge in [-0.25, -0.2) is 4.98 Å². The second-order valence-corrected chi connectivity index (χ2v) is 11.2. The van der Waals surface area contributed by atoms with Crippen molar-refractivity contribution in [2.45, 2.75) is 31.2 Å². The molecule has 170 valence electrons. The van der Waals surface area contributed by atoms with Crippen LogP contribution in [-0.2, 0) is 26.9 Å². The number of pyridine rings is 1. The molecule has 32 heavy (non-hydrogen) atoms. The summed E-state index contributed by atoms with van der Waals surface area (Å²) in [5.74, 6) is 0. The van der Waals surface area contributed by atoms with Crippen molar-refractivity contribution < 1.29 is 13.2 Å². The molecule has 6 rings (SSSR count). The molecule has 0 unspecified atom stereocenters. The van der Waals surface area contributed by atoms with E-state index in [4.69, 9.17) is 21.4 Å². The molecule has 3 aliphatic heterocycles. The lowest BCUT2D eigenvalue weighted by Gasteiger charge is -2.40.